The molecule has 0 spiro atoms. The molecule has 1 aromatic heterocycles. The number of rotatable bonds is 7. The van der Waals surface area contributed by atoms with Gasteiger partial charge in [0.05, 0.1) is 23.4 Å². The first-order chi connectivity index (χ1) is 8.54. The summed E-state index contributed by atoms with van der Waals surface area (Å²) in [5, 5.41) is 3.75. The van der Waals surface area contributed by atoms with E-state index >= 15 is 0 Å². The fraction of sp³-hybridized carbons (Fsp3) is 0.615. The molecular formula is C13H22ClN3O. The molecule has 0 radical (unpaired) electrons. The minimum absolute atomic E-state index is 0.261. The summed E-state index contributed by atoms with van der Waals surface area (Å²) in [4.78, 5) is 6.60. The van der Waals surface area contributed by atoms with Crippen LogP contribution in [0.5, 0.6) is 0 Å². The van der Waals surface area contributed by atoms with Gasteiger partial charge in [0, 0.05) is 20.1 Å². The Morgan fingerprint density at radius 1 is 1.44 bits per heavy atom. The minimum atomic E-state index is 0.261. The van der Waals surface area contributed by atoms with Gasteiger partial charge in [-0.2, -0.15) is 0 Å². The maximum Gasteiger partial charge on any atom is 0.128 e. The molecule has 0 amide bonds. The average Bonchev–Trinajstić information content (AvgIpc) is 2.31. The van der Waals surface area contributed by atoms with Gasteiger partial charge < -0.3 is 15.0 Å². The number of anilines is 1. The molecule has 0 aliphatic rings. The second-order valence-electron chi connectivity index (χ2n) is 4.47. The second kappa shape index (κ2) is 7.56. The first-order valence-electron chi connectivity index (χ1n) is 6.17. The average molecular weight is 272 g/mol. The van der Waals surface area contributed by atoms with Crippen molar-refractivity contribution in [3.8, 4) is 0 Å². The highest BCUT2D eigenvalue weighted by Gasteiger charge is 2.07. The molecule has 0 unspecified atom stereocenters. The van der Waals surface area contributed by atoms with E-state index in [-0.39, 0.29) is 6.10 Å². The van der Waals surface area contributed by atoms with Crippen LogP contribution >= 0.6 is 11.6 Å². The van der Waals surface area contributed by atoms with E-state index in [0.29, 0.717) is 18.2 Å². The Bertz CT molecular complexity index is 371. The van der Waals surface area contributed by atoms with Crippen LogP contribution in [0, 0.1) is 0 Å². The van der Waals surface area contributed by atoms with Gasteiger partial charge in [-0.25, -0.2) is 4.98 Å². The van der Waals surface area contributed by atoms with Gasteiger partial charge in [-0.15, -0.1) is 0 Å². The molecule has 0 bridgehead atoms. The number of nitrogens with one attached hydrogen (secondary N) is 1. The Balaban J connectivity index is 2.62. The summed E-state index contributed by atoms with van der Waals surface area (Å²) in [5.41, 5.74) is 0.869. The molecule has 1 heterocycles. The lowest BCUT2D eigenvalue weighted by atomic mass is 10.3. The molecule has 5 heteroatoms. The van der Waals surface area contributed by atoms with Crippen LogP contribution < -0.4 is 10.2 Å². The molecule has 0 aromatic carbocycles. The molecule has 0 fully saturated rings. The van der Waals surface area contributed by atoms with E-state index in [4.69, 9.17) is 16.3 Å². The highest BCUT2D eigenvalue weighted by molar-refractivity contribution is 6.31. The predicted molar refractivity (Wildman–Crippen MR) is 76.4 cm³/mol. The molecule has 102 valence electrons. The van der Waals surface area contributed by atoms with Crippen LogP contribution in [0.1, 0.15) is 19.5 Å². The standard InChI is InChI=1S/C13H22ClN3O/c1-10(2)18-8-7-17(4)13-6-5-11(14)12(16-13)9-15-3/h5-6,10,15H,7-9H2,1-4H3. The minimum Gasteiger partial charge on any atom is -0.377 e. The zero-order valence-corrected chi connectivity index (χ0v) is 12.3. The Kier molecular flexibility index (Phi) is 6.39. The molecule has 0 atom stereocenters. The third kappa shape index (κ3) is 4.80. The van der Waals surface area contributed by atoms with E-state index < -0.39 is 0 Å². The second-order valence-corrected chi connectivity index (χ2v) is 4.88. The Morgan fingerprint density at radius 2 is 2.17 bits per heavy atom. The lowest BCUT2D eigenvalue weighted by Crippen LogP contribution is -2.25. The van der Waals surface area contributed by atoms with Gasteiger partial charge in [0.25, 0.3) is 0 Å². The van der Waals surface area contributed by atoms with E-state index in [9.17, 15) is 0 Å². The number of aromatic nitrogens is 1. The summed E-state index contributed by atoms with van der Waals surface area (Å²) >= 11 is 6.08. The number of hydrogen-bond donors (Lipinski definition) is 1. The highest BCUT2D eigenvalue weighted by atomic mass is 35.5. The van der Waals surface area contributed by atoms with Gasteiger partial charge in [0.1, 0.15) is 5.82 Å². The highest BCUT2D eigenvalue weighted by Crippen LogP contribution is 2.18. The Labute approximate surface area is 114 Å². The van der Waals surface area contributed by atoms with Gasteiger partial charge in [0.2, 0.25) is 0 Å². The van der Waals surface area contributed by atoms with E-state index in [1.165, 1.54) is 0 Å². The number of hydrogen-bond acceptors (Lipinski definition) is 4. The Morgan fingerprint density at radius 3 is 2.78 bits per heavy atom. The van der Waals surface area contributed by atoms with Crippen LogP contribution in [-0.2, 0) is 11.3 Å². The van der Waals surface area contributed by atoms with Crippen molar-refractivity contribution in [2.45, 2.75) is 26.5 Å². The molecule has 1 rings (SSSR count). The fourth-order valence-electron chi connectivity index (χ4n) is 1.52. The van der Waals surface area contributed by atoms with Crippen molar-refractivity contribution in [1.82, 2.24) is 10.3 Å². The molecule has 0 saturated heterocycles. The first-order valence-corrected chi connectivity index (χ1v) is 6.55. The van der Waals surface area contributed by atoms with Crippen molar-refractivity contribution >= 4 is 17.4 Å². The predicted octanol–water partition coefficient (Wildman–Crippen LogP) is 2.32. The van der Waals surface area contributed by atoms with Crippen molar-refractivity contribution in [3.05, 3.63) is 22.8 Å². The summed E-state index contributed by atoms with van der Waals surface area (Å²) in [6, 6.07) is 3.81. The molecule has 18 heavy (non-hydrogen) atoms. The van der Waals surface area contributed by atoms with Crippen LogP contribution in [0.15, 0.2) is 12.1 Å². The summed E-state index contributed by atoms with van der Waals surface area (Å²) in [6.45, 7) is 6.24. The quantitative estimate of drug-likeness (QED) is 0.826. The van der Waals surface area contributed by atoms with Gasteiger partial charge in [0.15, 0.2) is 0 Å². The van der Waals surface area contributed by atoms with E-state index in [1.807, 2.05) is 40.1 Å². The van der Waals surface area contributed by atoms with Gasteiger partial charge >= 0.3 is 0 Å². The van der Waals surface area contributed by atoms with Crippen molar-refractivity contribution in [3.63, 3.8) is 0 Å². The van der Waals surface area contributed by atoms with Crippen LogP contribution in [-0.4, -0.2) is 38.3 Å². The number of pyridine rings is 1. The van der Waals surface area contributed by atoms with Crippen LogP contribution in [0.2, 0.25) is 5.02 Å². The number of ether oxygens (including phenoxy) is 1. The molecule has 0 aliphatic heterocycles. The Hall–Kier alpha value is -0.840. The first kappa shape index (κ1) is 15.2. The summed E-state index contributed by atoms with van der Waals surface area (Å²) in [5.74, 6) is 0.914. The maximum absolute atomic E-state index is 6.08. The van der Waals surface area contributed by atoms with Crippen LogP contribution in [0.4, 0.5) is 5.82 Å². The van der Waals surface area contributed by atoms with Gasteiger partial charge in [-0.3, -0.25) is 0 Å². The molecule has 0 saturated carbocycles. The zero-order valence-electron chi connectivity index (χ0n) is 11.5. The van der Waals surface area contributed by atoms with E-state index in [2.05, 4.69) is 15.2 Å². The number of halogens is 1. The monoisotopic (exact) mass is 271 g/mol. The van der Waals surface area contributed by atoms with Crippen LogP contribution in [0.3, 0.4) is 0 Å². The van der Waals surface area contributed by atoms with Gasteiger partial charge in [-0.05, 0) is 33.0 Å². The maximum atomic E-state index is 6.08. The molecule has 1 N–H and O–H groups in total. The van der Waals surface area contributed by atoms with Crippen molar-refractivity contribution < 1.29 is 4.74 Å². The third-order valence-electron chi connectivity index (χ3n) is 2.52. The summed E-state index contributed by atoms with van der Waals surface area (Å²) in [7, 11) is 3.88. The molecule has 4 nitrogen and oxygen atoms in total. The number of likely N-dealkylation sites (N-methyl/N-ethyl adjacent to an activating group) is 1. The van der Waals surface area contributed by atoms with Gasteiger partial charge in [-0.1, -0.05) is 11.6 Å². The molecule has 1 aromatic rings. The summed E-state index contributed by atoms with van der Waals surface area (Å²) in [6.07, 6.45) is 0.261. The third-order valence-corrected chi connectivity index (χ3v) is 2.86. The summed E-state index contributed by atoms with van der Waals surface area (Å²) < 4.78 is 5.53. The lowest BCUT2D eigenvalue weighted by molar-refractivity contribution is 0.0845. The van der Waals surface area contributed by atoms with Crippen LogP contribution in [0.25, 0.3) is 0 Å². The lowest BCUT2D eigenvalue weighted by Gasteiger charge is -2.20. The number of nitrogens with zero attached hydrogens (tertiary/aromatic N) is 2. The van der Waals surface area contributed by atoms with Crippen molar-refractivity contribution in [2.75, 3.05) is 32.1 Å². The SMILES string of the molecule is CNCc1nc(N(C)CCOC(C)C)ccc1Cl. The largest absolute Gasteiger partial charge is 0.377 e. The van der Waals surface area contributed by atoms with E-state index in [1.54, 1.807) is 0 Å². The topological polar surface area (TPSA) is 37.4 Å². The fourth-order valence-corrected chi connectivity index (χ4v) is 1.69. The molecule has 0 aliphatic carbocycles. The molecular weight excluding hydrogens is 250 g/mol. The van der Waals surface area contributed by atoms with Crippen molar-refractivity contribution in [1.29, 1.82) is 0 Å². The zero-order chi connectivity index (χ0) is 13.5. The van der Waals surface area contributed by atoms with Crippen molar-refractivity contribution in [2.24, 2.45) is 0 Å². The normalized spacial score (nSPS) is 11.0. The van der Waals surface area contributed by atoms with E-state index in [0.717, 1.165) is 18.1 Å². The smallest absolute Gasteiger partial charge is 0.128 e.